The molecule has 1 unspecified atom stereocenters. The Morgan fingerprint density at radius 1 is 1.43 bits per heavy atom. The van der Waals surface area contributed by atoms with E-state index in [0.717, 1.165) is 37.0 Å². The number of hydrogen-bond acceptors (Lipinski definition) is 5. The third-order valence-corrected chi connectivity index (χ3v) is 6.87. The molecule has 1 aliphatic carbocycles. The Kier molecular flexibility index (Phi) is 6.58. The summed E-state index contributed by atoms with van der Waals surface area (Å²) in [5, 5.41) is 1.86. The first-order valence-corrected chi connectivity index (χ1v) is 10.1. The molecule has 6 nitrogen and oxygen atoms in total. The van der Waals surface area contributed by atoms with Crippen molar-refractivity contribution in [3.63, 3.8) is 0 Å². The van der Waals surface area contributed by atoms with Gasteiger partial charge >= 0.3 is 5.97 Å². The minimum Gasteiger partial charge on any atom is -0.469 e. The highest BCUT2D eigenvalue weighted by Crippen LogP contribution is 2.26. The monoisotopic (exact) mass is 360 g/mol. The van der Waals surface area contributed by atoms with E-state index >= 15 is 0 Å². The average molecular weight is 361 g/mol. The van der Waals surface area contributed by atoms with Gasteiger partial charge in [-0.3, -0.25) is 4.79 Å². The Bertz CT molecular complexity index is 595. The Hall–Kier alpha value is -0.960. The second-order valence-corrected chi connectivity index (χ2v) is 8.52. The Morgan fingerprint density at radius 3 is 2.70 bits per heavy atom. The number of rotatable bonds is 7. The van der Waals surface area contributed by atoms with Crippen molar-refractivity contribution in [3.05, 3.63) is 22.4 Å². The van der Waals surface area contributed by atoms with Crippen molar-refractivity contribution in [3.8, 4) is 0 Å². The summed E-state index contributed by atoms with van der Waals surface area (Å²) in [6.45, 7) is 0. The average Bonchev–Trinajstić information content (AvgIpc) is 3.08. The summed E-state index contributed by atoms with van der Waals surface area (Å²) < 4.78 is 34.1. The molecule has 2 rings (SSSR count). The fourth-order valence-corrected chi connectivity index (χ4v) is 5.04. The maximum Gasteiger partial charge on any atom is 0.307 e. The number of nitrogens with one attached hydrogen (secondary N) is 1. The quantitative estimate of drug-likeness (QED) is 0.758. The van der Waals surface area contributed by atoms with E-state index < -0.39 is 22.2 Å². The molecule has 0 bridgehead atoms. The van der Waals surface area contributed by atoms with Gasteiger partial charge in [0.25, 0.3) is 10.2 Å². The number of ether oxygens (including phenoxy) is 1. The molecule has 1 aromatic rings. The normalized spacial score (nSPS) is 18.0. The summed E-state index contributed by atoms with van der Waals surface area (Å²) in [5.41, 5.74) is 0. The first kappa shape index (κ1) is 18.4. The predicted octanol–water partition coefficient (Wildman–Crippen LogP) is 2.45. The molecule has 0 aliphatic heterocycles. The Balaban J connectivity index is 2.11. The lowest BCUT2D eigenvalue weighted by molar-refractivity contribution is -0.141. The van der Waals surface area contributed by atoms with Crippen LogP contribution in [-0.2, 0) is 19.7 Å². The summed E-state index contributed by atoms with van der Waals surface area (Å²) in [5.74, 6) is -0.439. The lowest BCUT2D eigenvalue weighted by Crippen LogP contribution is -2.46. The summed E-state index contributed by atoms with van der Waals surface area (Å²) >= 11 is 1.42. The lowest BCUT2D eigenvalue weighted by atomic mass is 9.96. The molecule has 130 valence electrons. The summed E-state index contributed by atoms with van der Waals surface area (Å²) in [6.07, 6.45) is 5.03. The number of carbonyl (C=O) groups is 1. The van der Waals surface area contributed by atoms with Gasteiger partial charge in [-0.2, -0.15) is 17.4 Å². The Labute approximate surface area is 142 Å². The van der Waals surface area contributed by atoms with Crippen LogP contribution >= 0.6 is 11.3 Å². The van der Waals surface area contributed by atoms with Crippen LogP contribution in [0.5, 0.6) is 0 Å². The second-order valence-electron chi connectivity index (χ2n) is 5.78. The topological polar surface area (TPSA) is 75.7 Å². The molecule has 1 heterocycles. The summed E-state index contributed by atoms with van der Waals surface area (Å²) in [7, 11) is -0.742. The van der Waals surface area contributed by atoms with Crippen LogP contribution in [0.25, 0.3) is 0 Å². The van der Waals surface area contributed by atoms with Crippen LogP contribution in [0, 0.1) is 0 Å². The molecule has 8 heteroatoms. The van der Waals surface area contributed by atoms with Crippen LogP contribution in [0.3, 0.4) is 0 Å². The van der Waals surface area contributed by atoms with E-state index in [-0.39, 0.29) is 12.5 Å². The maximum atomic E-state index is 12.7. The fourth-order valence-electron chi connectivity index (χ4n) is 2.84. The van der Waals surface area contributed by atoms with Gasteiger partial charge in [-0.15, -0.1) is 11.3 Å². The van der Waals surface area contributed by atoms with Gasteiger partial charge in [0.05, 0.1) is 19.6 Å². The smallest absolute Gasteiger partial charge is 0.307 e. The molecular formula is C15H24N2O4S2. The van der Waals surface area contributed by atoms with E-state index in [1.54, 1.807) is 7.05 Å². The van der Waals surface area contributed by atoms with Crippen LogP contribution < -0.4 is 4.72 Å². The molecular weight excluding hydrogens is 336 g/mol. The maximum absolute atomic E-state index is 12.7. The zero-order valence-electron chi connectivity index (χ0n) is 13.5. The van der Waals surface area contributed by atoms with E-state index in [0.29, 0.717) is 0 Å². The van der Waals surface area contributed by atoms with Gasteiger partial charge in [-0.25, -0.2) is 0 Å². The van der Waals surface area contributed by atoms with E-state index in [1.165, 1.54) is 22.8 Å². The molecule has 1 aliphatic rings. The van der Waals surface area contributed by atoms with Crippen molar-refractivity contribution in [2.24, 2.45) is 0 Å². The van der Waals surface area contributed by atoms with Gasteiger partial charge in [-0.05, 0) is 24.3 Å². The highest BCUT2D eigenvalue weighted by atomic mass is 32.2. The van der Waals surface area contributed by atoms with E-state index in [2.05, 4.69) is 9.46 Å². The highest BCUT2D eigenvalue weighted by Gasteiger charge is 2.31. The molecule has 1 fully saturated rings. The van der Waals surface area contributed by atoms with E-state index in [4.69, 9.17) is 0 Å². The molecule has 0 aromatic carbocycles. The standard InChI is InChI=1S/C15H24N2O4S2/c1-17(12-7-4-3-5-8-12)23(19,20)16-13(11-15(18)21-2)14-9-6-10-22-14/h6,9-10,12-13,16H,3-5,7-8,11H2,1-2H3. The van der Waals surface area contributed by atoms with Gasteiger partial charge in [0, 0.05) is 18.0 Å². The molecule has 0 amide bonds. The van der Waals surface area contributed by atoms with Crippen molar-refractivity contribution < 1.29 is 17.9 Å². The van der Waals surface area contributed by atoms with Gasteiger partial charge in [0.15, 0.2) is 0 Å². The SMILES string of the molecule is COC(=O)CC(NS(=O)(=O)N(C)C1CCCCC1)c1cccs1. The van der Waals surface area contributed by atoms with Gasteiger partial charge in [0.2, 0.25) is 0 Å². The molecule has 1 saturated carbocycles. The van der Waals surface area contributed by atoms with Crippen LogP contribution in [0.4, 0.5) is 0 Å². The van der Waals surface area contributed by atoms with Crippen LogP contribution in [0.15, 0.2) is 17.5 Å². The first-order chi connectivity index (χ1) is 10.9. The lowest BCUT2D eigenvalue weighted by Gasteiger charge is -2.31. The van der Waals surface area contributed by atoms with E-state index in [9.17, 15) is 13.2 Å². The third-order valence-electron chi connectivity index (χ3n) is 4.24. The van der Waals surface area contributed by atoms with Crippen molar-refractivity contribution in [2.45, 2.75) is 50.6 Å². The molecule has 1 atom stereocenters. The van der Waals surface area contributed by atoms with Crippen LogP contribution in [0.2, 0.25) is 0 Å². The highest BCUT2D eigenvalue weighted by molar-refractivity contribution is 7.87. The van der Waals surface area contributed by atoms with Crippen LogP contribution in [0.1, 0.15) is 49.4 Å². The second kappa shape index (κ2) is 8.23. The van der Waals surface area contributed by atoms with Gasteiger partial charge < -0.3 is 4.74 Å². The third kappa shape index (κ3) is 5.00. The van der Waals surface area contributed by atoms with Gasteiger partial charge in [0.1, 0.15) is 0 Å². The summed E-state index contributed by atoms with van der Waals surface area (Å²) in [6, 6.07) is 3.09. The summed E-state index contributed by atoms with van der Waals surface area (Å²) in [4.78, 5) is 12.4. The van der Waals surface area contributed by atoms with Crippen molar-refractivity contribution in [1.82, 2.24) is 9.03 Å². The van der Waals surface area contributed by atoms with E-state index in [1.807, 2.05) is 17.5 Å². The number of methoxy groups -OCH3 is 1. The number of hydrogen-bond donors (Lipinski definition) is 1. The number of carbonyl (C=O) groups excluding carboxylic acids is 1. The zero-order valence-corrected chi connectivity index (χ0v) is 15.2. The largest absolute Gasteiger partial charge is 0.469 e. The number of thiophene rings is 1. The van der Waals surface area contributed by atoms with Crippen molar-refractivity contribution >= 4 is 27.5 Å². The minimum absolute atomic E-state index is 0.0191. The first-order valence-electron chi connectivity index (χ1n) is 7.79. The molecule has 0 saturated heterocycles. The molecule has 1 aromatic heterocycles. The van der Waals surface area contributed by atoms with Crippen molar-refractivity contribution in [2.75, 3.05) is 14.2 Å². The zero-order chi connectivity index (χ0) is 16.9. The molecule has 0 radical (unpaired) electrons. The van der Waals surface area contributed by atoms with Crippen LogP contribution in [-0.4, -0.2) is 38.9 Å². The molecule has 0 spiro atoms. The van der Waals surface area contributed by atoms with Crippen molar-refractivity contribution in [1.29, 1.82) is 0 Å². The number of esters is 1. The molecule has 1 N–H and O–H groups in total. The predicted molar refractivity (Wildman–Crippen MR) is 90.4 cm³/mol. The number of nitrogens with zero attached hydrogens (tertiary/aromatic N) is 1. The minimum atomic E-state index is -3.66. The Morgan fingerprint density at radius 2 is 2.13 bits per heavy atom. The fraction of sp³-hybridized carbons (Fsp3) is 0.667. The molecule has 23 heavy (non-hydrogen) atoms. The van der Waals surface area contributed by atoms with Gasteiger partial charge in [-0.1, -0.05) is 25.3 Å².